The minimum absolute atomic E-state index is 0.0904. The van der Waals surface area contributed by atoms with E-state index in [2.05, 4.69) is 13.8 Å². The van der Waals surface area contributed by atoms with E-state index in [1.807, 2.05) is 0 Å². The molecule has 0 saturated carbocycles. The first-order chi connectivity index (χ1) is 25.9. The van der Waals surface area contributed by atoms with E-state index in [0.717, 1.165) is 32.1 Å². The van der Waals surface area contributed by atoms with Crippen LogP contribution in [0.3, 0.4) is 0 Å². The second-order valence-electron chi connectivity index (χ2n) is 15.6. The fraction of sp³-hybridized carbons (Fsp3) is 0.977. The first kappa shape index (κ1) is 52.5. The van der Waals surface area contributed by atoms with Gasteiger partial charge in [-0.05, 0) is 12.8 Å². The van der Waals surface area contributed by atoms with Crippen molar-refractivity contribution < 1.29 is 32.8 Å². The van der Waals surface area contributed by atoms with Gasteiger partial charge in [0.25, 0.3) is 0 Å². The van der Waals surface area contributed by atoms with Crippen LogP contribution in [0.5, 0.6) is 0 Å². The third kappa shape index (κ3) is 42.5. The molecule has 2 atom stereocenters. The molecule has 3 N–H and O–H groups in total. The smallest absolute Gasteiger partial charge is 0.457 e. The Morgan fingerprint density at radius 3 is 1.19 bits per heavy atom. The van der Waals surface area contributed by atoms with Crippen LogP contribution in [0.25, 0.3) is 0 Å². The number of carbonyl (C=O) groups excluding carboxylic acids is 1. The van der Waals surface area contributed by atoms with Crippen LogP contribution in [-0.4, -0.2) is 49.9 Å². The molecule has 0 aliphatic rings. The Bertz CT molecular complexity index is 787. The fourth-order valence-corrected chi connectivity index (χ4v) is 7.65. The molecule has 0 aromatic heterocycles. The number of unbranched alkanes of at least 4 members (excludes halogenated alkanes) is 32. The van der Waals surface area contributed by atoms with E-state index in [1.54, 1.807) is 0 Å². The summed E-state index contributed by atoms with van der Waals surface area (Å²) in [5.74, 6) is -0.328. The minimum atomic E-state index is -4.26. The molecule has 2 unspecified atom stereocenters. The van der Waals surface area contributed by atoms with Crippen LogP contribution >= 0.6 is 7.82 Å². The van der Waals surface area contributed by atoms with Crippen molar-refractivity contribution in [1.29, 1.82) is 0 Å². The van der Waals surface area contributed by atoms with Crippen LogP contribution in [0.4, 0.5) is 0 Å². The Morgan fingerprint density at radius 2 is 0.830 bits per heavy atom. The molecular formula is C44H90NO7P. The second-order valence-corrected chi connectivity index (χ2v) is 17.1. The normalized spacial score (nSPS) is 13.4. The quantitative estimate of drug-likeness (QED) is 0.0357. The predicted octanol–water partition coefficient (Wildman–Crippen LogP) is 13.7. The third-order valence-electron chi connectivity index (χ3n) is 10.3. The molecule has 0 saturated heterocycles. The Hall–Kier alpha value is -0.500. The molecule has 318 valence electrons. The number of ether oxygens (including phenoxy) is 2. The highest BCUT2D eigenvalue weighted by Gasteiger charge is 2.25. The van der Waals surface area contributed by atoms with Crippen LogP contribution in [0.15, 0.2) is 0 Å². The van der Waals surface area contributed by atoms with Gasteiger partial charge in [0.05, 0.1) is 19.8 Å². The average molecular weight is 776 g/mol. The fourth-order valence-electron chi connectivity index (χ4n) is 6.88. The van der Waals surface area contributed by atoms with Crippen molar-refractivity contribution in [3.05, 3.63) is 0 Å². The molecule has 0 aliphatic heterocycles. The lowest BCUT2D eigenvalue weighted by atomic mass is 10.0. The van der Waals surface area contributed by atoms with Gasteiger partial charge in [-0.25, -0.2) is 4.57 Å². The molecule has 0 radical (unpaired) electrons. The number of esters is 1. The average Bonchev–Trinajstić information content (AvgIpc) is 3.15. The summed E-state index contributed by atoms with van der Waals surface area (Å²) in [5.41, 5.74) is 5.36. The lowest BCUT2D eigenvalue weighted by molar-refractivity contribution is -0.154. The molecular weight excluding hydrogens is 685 g/mol. The molecule has 0 aliphatic carbocycles. The lowest BCUT2D eigenvalue weighted by Gasteiger charge is -2.20. The number of hydrogen-bond donors (Lipinski definition) is 2. The molecule has 0 amide bonds. The van der Waals surface area contributed by atoms with Gasteiger partial charge < -0.3 is 20.1 Å². The van der Waals surface area contributed by atoms with Gasteiger partial charge in [-0.3, -0.25) is 13.8 Å². The SMILES string of the molecule is CCCCCCCCCCCCCCCCCCCCCCCCCCCOCC(COP(=O)(O)OCCN)OC(=O)CCCCCCCCCCC. The highest BCUT2D eigenvalue weighted by Crippen LogP contribution is 2.43. The van der Waals surface area contributed by atoms with Crippen molar-refractivity contribution in [2.24, 2.45) is 5.73 Å². The summed E-state index contributed by atoms with van der Waals surface area (Å²) in [6, 6.07) is 0. The Kier molecular flexibility index (Phi) is 42.2. The van der Waals surface area contributed by atoms with Crippen LogP contribution in [0.1, 0.15) is 239 Å². The van der Waals surface area contributed by atoms with Gasteiger partial charge >= 0.3 is 13.8 Å². The second kappa shape index (κ2) is 42.6. The predicted molar refractivity (Wildman–Crippen MR) is 224 cm³/mol. The Morgan fingerprint density at radius 1 is 0.491 bits per heavy atom. The van der Waals surface area contributed by atoms with Gasteiger partial charge in [-0.2, -0.15) is 0 Å². The number of carbonyl (C=O) groups is 1. The molecule has 0 bridgehead atoms. The van der Waals surface area contributed by atoms with Gasteiger partial charge in [0, 0.05) is 19.6 Å². The van der Waals surface area contributed by atoms with Crippen molar-refractivity contribution in [3.63, 3.8) is 0 Å². The van der Waals surface area contributed by atoms with Gasteiger partial charge in [0.1, 0.15) is 6.10 Å². The van der Waals surface area contributed by atoms with Crippen LogP contribution < -0.4 is 5.73 Å². The first-order valence-corrected chi connectivity index (χ1v) is 24.5. The summed E-state index contributed by atoms with van der Waals surface area (Å²) in [7, 11) is -4.26. The molecule has 0 aromatic carbocycles. The zero-order valence-corrected chi connectivity index (χ0v) is 36.2. The Balaban J connectivity index is 3.77. The lowest BCUT2D eigenvalue weighted by Crippen LogP contribution is -2.28. The minimum Gasteiger partial charge on any atom is -0.457 e. The largest absolute Gasteiger partial charge is 0.472 e. The van der Waals surface area contributed by atoms with E-state index in [-0.39, 0.29) is 32.3 Å². The van der Waals surface area contributed by atoms with E-state index in [1.165, 1.54) is 186 Å². The molecule has 0 aromatic rings. The van der Waals surface area contributed by atoms with Crippen LogP contribution in [-0.2, 0) is 27.9 Å². The summed E-state index contributed by atoms with van der Waals surface area (Å²) in [4.78, 5) is 22.4. The summed E-state index contributed by atoms with van der Waals surface area (Å²) in [6.07, 6.45) is 44.3. The maximum absolute atomic E-state index is 12.5. The van der Waals surface area contributed by atoms with Gasteiger partial charge in [0.15, 0.2) is 0 Å². The van der Waals surface area contributed by atoms with E-state index < -0.39 is 13.9 Å². The molecule has 0 fully saturated rings. The zero-order valence-electron chi connectivity index (χ0n) is 35.3. The molecule has 0 rings (SSSR count). The molecule has 9 heteroatoms. The zero-order chi connectivity index (χ0) is 38.8. The van der Waals surface area contributed by atoms with Crippen molar-refractivity contribution >= 4 is 13.8 Å². The summed E-state index contributed by atoms with van der Waals surface area (Å²) in [5, 5.41) is 0. The van der Waals surface area contributed by atoms with Gasteiger partial charge in [0.2, 0.25) is 0 Å². The topological polar surface area (TPSA) is 117 Å². The Labute approximate surface area is 329 Å². The number of phosphoric acid groups is 1. The van der Waals surface area contributed by atoms with E-state index in [0.29, 0.717) is 13.0 Å². The number of rotatable bonds is 45. The standard InChI is InChI=1S/C44H90NO7P/c1-3-5-7-9-11-13-14-15-16-17-18-19-20-21-22-23-24-25-26-27-28-30-32-34-36-39-49-41-43(42-51-53(47,48)50-40-38-45)52-44(46)37-35-33-31-29-12-10-8-6-4-2/h43H,3-42,45H2,1-2H3,(H,47,48). The highest BCUT2D eigenvalue weighted by molar-refractivity contribution is 7.47. The maximum atomic E-state index is 12.5. The monoisotopic (exact) mass is 776 g/mol. The van der Waals surface area contributed by atoms with Crippen molar-refractivity contribution in [3.8, 4) is 0 Å². The van der Waals surface area contributed by atoms with Gasteiger partial charge in [-0.1, -0.05) is 219 Å². The first-order valence-electron chi connectivity index (χ1n) is 23.0. The maximum Gasteiger partial charge on any atom is 0.472 e. The summed E-state index contributed by atoms with van der Waals surface area (Å²) >= 11 is 0. The molecule has 53 heavy (non-hydrogen) atoms. The van der Waals surface area contributed by atoms with Crippen molar-refractivity contribution in [1.82, 2.24) is 0 Å². The van der Waals surface area contributed by atoms with E-state index in [9.17, 15) is 14.3 Å². The molecule has 8 nitrogen and oxygen atoms in total. The van der Waals surface area contributed by atoms with Crippen LogP contribution in [0.2, 0.25) is 0 Å². The van der Waals surface area contributed by atoms with Crippen molar-refractivity contribution in [2.45, 2.75) is 245 Å². The number of nitrogens with two attached hydrogens (primary N) is 1. The van der Waals surface area contributed by atoms with E-state index in [4.69, 9.17) is 24.3 Å². The highest BCUT2D eigenvalue weighted by atomic mass is 31.2. The summed E-state index contributed by atoms with van der Waals surface area (Å²) in [6.45, 7) is 4.96. The number of hydrogen-bond acceptors (Lipinski definition) is 7. The molecule has 0 spiro atoms. The molecule has 0 heterocycles. The third-order valence-corrected chi connectivity index (χ3v) is 11.3. The van der Waals surface area contributed by atoms with Gasteiger partial charge in [-0.15, -0.1) is 0 Å². The van der Waals surface area contributed by atoms with Crippen LogP contribution in [0, 0.1) is 0 Å². The van der Waals surface area contributed by atoms with E-state index >= 15 is 0 Å². The van der Waals surface area contributed by atoms with Crippen molar-refractivity contribution in [2.75, 3.05) is 33.0 Å². The number of phosphoric ester groups is 1. The summed E-state index contributed by atoms with van der Waals surface area (Å²) < 4.78 is 33.4.